The average Bonchev–Trinajstić information content (AvgIpc) is 3.33. The van der Waals surface area contributed by atoms with Crippen LogP contribution in [-0.4, -0.2) is 37.2 Å². The van der Waals surface area contributed by atoms with Gasteiger partial charge in [-0.05, 0) is 89.9 Å². The van der Waals surface area contributed by atoms with Crippen LogP contribution in [0, 0.1) is 0 Å². The molecule has 0 amide bonds. The van der Waals surface area contributed by atoms with Crippen LogP contribution in [0.3, 0.4) is 0 Å². The number of hydrogen-bond acceptors (Lipinski definition) is 6. The molecule has 0 rings (SSSR count). The van der Waals surface area contributed by atoms with Crippen molar-refractivity contribution in [1.82, 2.24) is 0 Å². The average molecular weight is 929 g/mol. The van der Waals surface area contributed by atoms with Gasteiger partial charge in [-0.1, -0.05) is 239 Å². The van der Waals surface area contributed by atoms with Gasteiger partial charge in [0.15, 0.2) is 6.10 Å². The van der Waals surface area contributed by atoms with Crippen molar-refractivity contribution in [2.24, 2.45) is 0 Å². The van der Waals surface area contributed by atoms with Crippen LogP contribution in [0.15, 0.2) is 109 Å². The summed E-state index contributed by atoms with van der Waals surface area (Å²) in [5.74, 6) is -0.997. The van der Waals surface area contributed by atoms with Crippen LogP contribution in [0.1, 0.15) is 239 Å². The summed E-state index contributed by atoms with van der Waals surface area (Å²) in [6.45, 7) is 6.37. The molecule has 0 aliphatic carbocycles. The van der Waals surface area contributed by atoms with Gasteiger partial charge in [0.2, 0.25) is 0 Å². The van der Waals surface area contributed by atoms with Gasteiger partial charge in [0.05, 0.1) is 0 Å². The second-order valence-corrected chi connectivity index (χ2v) is 17.9. The van der Waals surface area contributed by atoms with Crippen LogP contribution in [0.4, 0.5) is 0 Å². The van der Waals surface area contributed by atoms with E-state index < -0.39 is 6.10 Å². The molecule has 0 fully saturated rings. The second-order valence-electron chi connectivity index (χ2n) is 17.9. The van der Waals surface area contributed by atoms with E-state index in [1.54, 1.807) is 0 Å². The summed E-state index contributed by atoms with van der Waals surface area (Å²) in [6, 6.07) is 0. The Morgan fingerprint density at radius 1 is 0.328 bits per heavy atom. The topological polar surface area (TPSA) is 78.9 Å². The molecule has 0 saturated carbocycles. The van der Waals surface area contributed by atoms with Gasteiger partial charge in [0, 0.05) is 19.3 Å². The van der Waals surface area contributed by atoms with Crippen molar-refractivity contribution in [2.75, 3.05) is 13.2 Å². The second kappa shape index (κ2) is 54.7. The maximum absolute atomic E-state index is 12.8. The van der Waals surface area contributed by atoms with Crippen LogP contribution in [0.25, 0.3) is 0 Å². The molecule has 0 aromatic carbocycles. The molecule has 6 nitrogen and oxygen atoms in total. The van der Waals surface area contributed by atoms with Crippen LogP contribution in [0.2, 0.25) is 0 Å². The number of unbranched alkanes of at least 4 members (excludes halogenated alkanes) is 24. The van der Waals surface area contributed by atoms with E-state index in [9.17, 15) is 14.4 Å². The molecule has 0 heterocycles. The zero-order valence-corrected chi connectivity index (χ0v) is 43.4. The van der Waals surface area contributed by atoms with Crippen molar-refractivity contribution in [2.45, 2.75) is 245 Å². The lowest BCUT2D eigenvalue weighted by molar-refractivity contribution is -0.167. The fraction of sp³-hybridized carbons (Fsp3) is 0.656. The van der Waals surface area contributed by atoms with Gasteiger partial charge in [-0.3, -0.25) is 14.4 Å². The Hall–Kier alpha value is -3.93. The molecule has 380 valence electrons. The Kier molecular flexibility index (Phi) is 51.5. The van der Waals surface area contributed by atoms with E-state index in [0.717, 1.165) is 64.2 Å². The van der Waals surface area contributed by atoms with Crippen molar-refractivity contribution in [3.63, 3.8) is 0 Å². The summed E-state index contributed by atoms with van der Waals surface area (Å²) >= 11 is 0. The third kappa shape index (κ3) is 52.9. The summed E-state index contributed by atoms with van der Waals surface area (Å²) < 4.78 is 16.8. The first-order chi connectivity index (χ1) is 33.0. The first-order valence-corrected chi connectivity index (χ1v) is 27.5. The fourth-order valence-corrected chi connectivity index (χ4v) is 7.26. The van der Waals surface area contributed by atoms with Gasteiger partial charge >= 0.3 is 17.9 Å². The third-order valence-corrected chi connectivity index (χ3v) is 11.4. The SMILES string of the molecule is CC/C=C/C=C/C=C/C=C/C=C/CCCC(=O)OCC(COC(=O)CCCCCCCCCCCC/C=C/C=C/CCCCC)OC(=O)CCCCCCCCC/C=C/C/C=C/CCCCC. The summed E-state index contributed by atoms with van der Waals surface area (Å²) in [4.78, 5) is 38.1. The number of carbonyl (C=O) groups is 3. The molecule has 0 radical (unpaired) electrons. The molecule has 6 heteroatoms. The minimum Gasteiger partial charge on any atom is -0.462 e. The minimum absolute atomic E-state index is 0.107. The molecule has 67 heavy (non-hydrogen) atoms. The standard InChI is InChI=1S/C61H100O6/c1-4-7-10-13-16-19-22-25-27-29-30-32-33-36-39-42-45-48-51-54-60(63)66-57-58(56-65-59(62)53-50-47-44-41-38-35-24-21-18-15-12-9-6-3)67-61(64)55-52-49-46-43-40-37-34-31-28-26-23-20-17-14-11-8-5-2/h9,12,15-22,24-26,28,35,38,41,44,58H,4-8,10-11,13-14,23,27,29-34,36-37,39-40,42-43,45-57H2,1-3H3/b12-9+,18-15+,19-16+,20-17+,24-21+,25-22+,28-26+,38-35+,44-41+. The molecular formula is C61H100O6. The Bertz CT molecular complexity index is 1390. The first kappa shape index (κ1) is 63.1. The highest BCUT2D eigenvalue weighted by atomic mass is 16.6. The number of rotatable bonds is 48. The van der Waals surface area contributed by atoms with Crippen molar-refractivity contribution in [1.29, 1.82) is 0 Å². The molecule has 1 atom stereocenters. The predicted octanol–water partition coefficient (Wildman–Crippen LogP) is 18.3. The van der Waals surface area contributed by atoms with Crippen molar-refractivity contribution < 1.29 is 28.6 Å². The van der Waals surface area contributed by atoms with Gasteiger partial charge < -0.3 is 14.2 Å². The number of esters is 3. The van der Waals surface area contributed by atoms with Gasteiger partial charge in [-0.15, -0.1) is 0 Å². The zero-order chi connectivity index (χ0) is 48.6. The zero-order valence-electron chi connectivity index (χ0n) is 43.4. The summed E-state index contributed by atoms with van der Waals surface area (Å²) in [5.41, 5.74) is 0. The molecular weight excluding hydrogens is 829 g/mol. The van der Waals surface area contributed by atoms with Crippen LogP contribution in [-0.2, 0) is 28.6 Å². The van der Waals surface area contributed by atoms with E-state index in [2.05, 4.69) is 75.5 Å². The van der Waals surface area contributed by atoms with E-state index >= 15 is 0 Å². The van der Waals surface area contributed by atoms with Gasteiger partial charge in [0.1, 0.15) is 13.2 Å². The van der Waals surface area contributed by atoms with Gasteiger partial charge in [0.25, 0.3) is 0 Å². The Balaban J connectivity index is 4.47. The first-order valence-electron chi connectivity index (χ1n) is 27.5. The van der Waals surface area contributed by atoms with E-state index in [0.29, 0.717) is 19.3 Å². The molecule has 0 bridgehead atoms. The Morgan fingerprint density at radius 3 is 1.10 bits per heavy atom. The highest BCUT2D eigenvalue weighted by Crippen LogP contribution is 2.14. The Labute approximate surface area is 412 Å². The number of hydrogen-bond donors (Lipinski definition) is 0. The predicted molar refractivity (Wildman–Crippen MR) is 288 cm³/mol. The third-order valence-electron chi connectivity index (χ3n) is 11.4. The normalized spacial score (nSPS) is 12.9. The maximum Gasteiger partial charge on any atom is 0.306 e. The highest BCUT2D eigenvalue weighted by molar-refractivity contribution is 5.71. The monoisotopic (exact) mass is 929 g/mol. The van der Waals surface area contributed by atoms with E-state index in [1.807, 2.05) is 54.7 Å². The fourth-order valence-electron chi connectivity index (χ4n) is 7.26. The van der Waals surface area contributed by atoms with Gasteiger partial charge in [-0.2, -0.15) is 0 Å². The molecule has 0 aromatic heterocycles. The maximum atomic E-state index is 12.8. The lowest BCUT2D eigenvalue weighted by atomic mass is 10.1. The van der Waals surface area contributed by atoms with Crippen molar-refractivity contribution >= 4 is 17.9 Å². The molecule has 0 aromatic rings. The number of allylic oxidation sites excluding steroid dienone is 18. The quantitative estimate of drug-likeness (QED) is 0.0199. The van der Waals surface area contributed by atoms with E-state index in [4.69, 9.17) is 14.2 Å². The molecule has 0 spiro atoms. The van der Waals surface area contributed by atoms with Crippen molar-refractivity contribution in [3.8, 4) is 0 Å². The lowest BCUT2D eigenvalue weighted by Crippen LogP contribution is -2.30. The number of carbonyl (C=O) groups excluding carboxylic acids is 3. The van der Waals surface area contributed by atoms with E-state index in [1.165, 1.54) is 128 Å². The largest absolute Gasteiger partial charge is 0.462 e. The number of ether oxygens (including phenoxy) is 3. The summed E-state index contributed by atoms with van der Waals surface area (Å²) in [6.07, 6.45) is 73.6. The summed E-state index contributed by atoms with van der Waals surface area (Å²) in [5, 5.41) is 0. The van der Waals surface area contributed by atoms with E-state index in [-0.39, 0.29) is 37.5 Å². The summed E-state index contributed by atoms with van der Waals surface area (Å²) in [7, 11) is 0. The van der Waals surface area contributed by atoms with Crippen LogP contribution < -0.4 is 0 Å². The molecule has 1 unspecified atom stereocenters. The molecule has 0 aliphatic rings. The molecule has 0 saturated heterocycles. The van der Waals surface area contributed by atoms with Crippen LogP contribution >= 0.6 is 0 Å². The highest BCUT2D eigenvalue weighted by Gasteiger charge is 2.19. The molecule has 0 N–H and O–H groups in total. The van der Waals surface area contributed by atoms with Gasteiger partial charge in [-0.25, -0.2) is 0 Å². The van der Waals surface area contributed by atoms with Crippen molar-refractivity contribution in [3.05, 3.63) is 109 Å². The molecule has 0 aliphatic heterocycles. The Morgan fingerprint density at radius 2 is 0.657 bits per heavy atom. The minimum atomic E-state index is -0.814. The lowest BCUT2D eigenvalue weighted by Gasteiger charge is -2.18. The smallest absolute Gasteiger partial charge is 0.306 e. The van der Waals surface area contributed by atoms with Crippen LogP contribution in [0.5, 0.6) is 0 Å².